The van der Waals surface area contributed by atoms with Gasteiger partial charge in [-0.3, -0.25) is 0 Å². The van der Waals surface area contributed by atoms with Gasteiger partial charge in [-0.15, -0.1) is 10.2 Å². The standard InChI is InChI=1S/C8H15N3O2S2/c1-6-10-11-7(14-6)15(12,13)9-5-8(2,3)4/h9H,5H2,1-4H3. The molecular formula is C8H15N3O2S2. The van der Waals surface area contributed by atoms with Crippen molar-refractivity contribution in [2.24, 2.45) is 5.41 Å². The van der Waals surface area contributed by atoms with Gasteiger partial charge in [-0.2, -0.15) is 0 Å². The number of aryl methyl sites for hydroxylation is 1. The van der Waals surface area contributed by atoms with Crippen molar-refractivity contribution < 1.29 is 8.42 Å². The summed E-state index contributed by atoms with van der Waals surface area (Å²) in [5, 5.41) is 7.93. The first-order valence-corrected chi connectivity index (χ1v) is 6.80. The highest BCUT2D eigenvalue weighted by Crippen LogP contribution is 2.16. The van der Waals surface area contributed by atoms with Gasteiger partial charge in [0, 0.05) is 6.54 Å². The molecule has 7 heteroatoms. The third-order valence-electron chi connectivity index (χ3n) is 1.53. The Bertz CT molecular complexity index is 431. The van der Waals surface area contributed by atoms with Crippen molar-refractivity contribution in [3.8, 4) is 0 Å². The van der Waals surface area contributed by atoms with E-state index in [0.717, 1.165) is 11.3 Å². The van der Waals surface area contributed by atoms with Crippen LogP contribution in [0.2, 0.25) is 0 Å². The van der Waals surface area contributed by atoms with Crippen LogP contribution in [0.1, 0.15) is 25.8 Å². The average molecular weight is 249 g/mol. The highest BCUT2D eigenvalue weighted by atomic mass is 32.2. The number of nitrogens with zero attached hydrogens (tertiary/aromatic N) is 2. The molecule has 1 aromatic rings. The molecule has 0 radical (unpaired) electrons. The van der Waals surface area contributed by atoms with Crippen molar-refractivity contribution in [1.29, 1.82) is 0 Å². The summed E-state index contributed by atoms with van der Waals surface area (Å²) >= 11 is 1.07. The topological polar surface area (TPSA) is 72.0 Å². The van der Waals surface area contributed by atoms with Crippen molar-refractivity contribution in [2.45, 2.75) is 32.0 Å². The minimum atomic E-state index is -3.48. The maximum absolute atomic E-state index is 11.7. The van der Waals surface area contributed by atoms with Gasteiger partial charge in [0.25, 0.3) is 10.0 Å². The second-order valence-electron chi connectivity index (χ2n) is 4.47. The lowest BCUT2D eigenvalue weighted by molar-refractivity contribution is 0.407. The summed E-state index contributed by atoms with van der Waals surface area (Å²) in [5.74, 6) is 0. The van der Waals surface area contributed by atoms with E-state index < -0.39 is 10.0 Å². The lowest BCUT2D eigenvalue weighted by Gasteiger charge is -2.17. The van der Waals surface area contributed by atoms with Gasteiger partial charge in [0.2, 0.25) is 4.34 Å². The quantitative estimate of drug-likeness (QED) is 0.873. The van der Waals surface area contributed by atoms with Crippen LogP contribution in [0.15, 0.2) is 4.34 Å². The fourth-order valence-electron chi connectivity index (χ4n) is 0.760. The molecule has 0 unspecified atom stereocenters. The van der Waals surface area contributed by atoms with Gasteiger partial charge >= 0.3 is 0 Å². The van der Waals surface area contributed by atoms with Crippen LogP contribution in [0, 0.1) is 12.3 Å². The molecule has 0 aliphatic rings. The molecular weight excluding hydrogens is 234 g/mol. The van der Waals surface area contributed by atoms with E-state index in [0.29, 0.717) is 11.6 Å². The highest BCUT2D eigenvalue weighted by Gasteiger charge is 2.21. The summed E-state index contributed by atoms with van der Waals surface area (Å²) in [6.07, 6.45) is 0. The molecule has 0 aliphatic carbocycles. The van der Waals surface area contributed by atoms with E-state index in [4.69, 9.17) is 0 Å². The molecule has 0 spiro atoms. The Kier molecular flexibility index (Phi) is 3.47. The maximum atomic E-state index is 11.7. The molecule has 0 saturated heterocycles. The van der Waals surface area contributed by atoms with Crippen molar-refractivity contribution in [3.63, 3.8) is 0 Å². The number of nitrogens with one attached hydrogen (secondary N) is 1. The van der Waals surface area contributed by atoms with Gasteiger partial charge in [0.1, 0.15) is 5.01 Å². The SMILES string of the molecule is Cc1nnc(S(=O)(=O)NCC(C)(C)C)s1. The van der Waals surface area contributed by atoms with E-state index in [9.17, 15) is 8.42 Å². The van der Waals surface area contributed by atoms with Crippen LogP contribution in [0.25, 0.3) is 0 Å². The number of aromatic nitrogens is 2. The second-order valence-corrected chi connectivity index (χ2v) is 7.59. The van der Waals surface area contributed by atoms with Crippen LogP contribution in [-0.4, -0.2) is 25.2 Å². The average Bonchev–Trinajstić information content (AvgIpc) is 2.48. The Morgan fingerprint density at radius 1 is 1.33 bits per heavy atom. The molecule has 0 atom stereocenters. The van der Waals surface area contributed by atoms with Gasteiger partial charge in [0.15, 0.2) is 0 Å². The third-order valence-corrected chi connectivity index (χ3v) is 4.14. The molecule has 1 rings (SSSR count). The van der Waals surface area contributed by atoms with Gasteiger partial charge in [-0.05, 0) is 12.3 Å². The minimum absolute atomic E-state index is 0.0317. The van der Waals surface area contributed by atoms with E-state index in [1.165, 1.54) is 0 Å². The van der Waals surface area contributed by atoms with E-state index in [-0.39, 0.29) is 9.75 Å². The monoisotopic (exact) mass is 249 g/mol. The van der Waals surface area contributed by atoms with Crippen molar-refractivity contribution in [2.75, 3.05) is 6.54 Å². The Hall–Kier alpha value is -0.530. The van der Waals surface area contributed by atoms with Gasteiger partial charge < -0.3 is 0 Å². The van der Waals surface area contributed by atoms with E-state index >= 15 is 0 Å². The third kappa shape index (κ3) is 3.84. The fourth-order valence-corrected chi connectivity index (χ4v) is 3.05. The predicted molar refractivity (Wildman–Crippen MR) is 59.3 cm³/mol. The van der Waals surface area contributed by atoms with Crippen LogP contribution >= 0.6 is 11.3 Å². The largest absolute Gasteiger partial charge is 0.269 e. The normalized spacial score (nSPS) is 13.1. The van der Waals surface area contributed by atoms with E-state index in [2.05, 4.69) is 14.9 Å². The van der Waals surface area contributed by atoms with Crippen molar-refractivity contribution >= 4 is 21.4 Å². The predicted octanol–water partition coefficient (Wildman–Crippen LogP) is 1.17. The Balaban J connectivity index is 2.77. The number of hydrogen-bond donors (Lipinski definition) is 1. The first-order chi connectivity index (χ1) is 6.71. The minimum Gasteiger partial charge on any atom is -0.209 e. The van der Waals surface area contributed by atoms with Gasteiger partial charge in [-0.25, -0.2) is 13.1 Å². The lowest BCUT2D eigenvalue weighted by Crippen LogP contribution is -2.32. The second kappa shape index (κ2) is 4.15. The van der Waals surface area contributed by atoms with E-state index in [1.807, 2.05) is 20.8 Å². The summed E-state index contributed by atoms with van der Waals surface area (Å²) in [5.41, 5.74) is -0.0905. The van der Waals surface area contributed by atoms with Crippen LogP contribution in [0.5, 0.6) is 0 Å². The lowest BCUT2D eigenvalue weighted by atomic mass is 9.98. The molecule has 1 N–H and O–H groups in total. The van der Waals surface area contributed by atoms with Crippen molar-refractivity contribution in [3.05, 3.63) is 5.01 Å². The molecule has 0 bridgehead atoms. The van der Waals surface area contributed by atoms with Gasteiger partial charge in [0.05, 0.1) is 0 Å². The molecule has 5 nitrogen and oxygen atoms in total. The van der Waals surface area contributed by atoms with Crippen molar-refractivity contribution in [1.82, 2.24) is 14.9 Å². The Labute approximate surface area is 94.0 Å². The Morgan fingerprint density at radius 2 is 1.93 bits per heavy atom. The first-order valence-electron chi connectivity index (χ1n) is 4.50. The summed E-state index contributed by atoms with van der Waals surface area (Å²) in [6.45, 7) is 7.98. The zero-order chi connectivity index (χ0) is 11.7. The molecule has 86 valence electrons. The number of sulfonamides is 1. The summed E-state index contributed by atoms with van der Waals surface area (Å²) in [4.78, 5) is 0. The van der Waals surface area contributed by atoms with Crippen LogP contribution in [0.4, 0.5) is 0 Å². The van der Waals surface area contributed by atoms with Crippen LogP contribution < -0.4 is 4.72 Å². The molecule has 0 aromatic carbocycles. The molecule has 0 saturated carbocycles. The van der Waals surface area contributed by atoms with Gasteiger partial charge in [-0.1, -0.05) is 32.1 Å². The molecule has 15 heavy (non-hydrogen) atoms. The highest BCUT2D eigenvalue weighted by molar-refractivity contribution is 7.91. The first kappa shape index (κ1) is 12.5. The zero-order valence-corrected chi connectivity index (χ0v) is 10.9. The molecule has 1 aromatic heterocycles. The number of rotatable bonds is 3. The van der Waals surface area contributed by atoms with Crippen LogP contribution in [0.3, 0.4) is 0 Å². The van der Waals surface area contributed by atoms with E-state index in [1.54, 1.807) is 6.92 Å². The molecule has 0 aliphatic heterocycles. The Morgan fingerprint density at radius 3 is 2.33 bits per heavy atom. The summed E-state index contributed by atoms with van der Waals surface area (Å²) < 4.78 is 25.9. The molecule has 0 amide bonds. The summed E-state index contributed by atoms with van der Waals surface area (Å²) in [6, 6.07) is 0. The zero-order valence-electron chi connectivity index (χ0n) is 9.23. The fraction of sp³-hybridized carbons (Fsp3) is 0.750. The summed E-state index contributed by atoms with van der Waals surface area (Å²) in [7, 11) is -3.48. The smallest absolute Gasteiger partial charge is 0.209 e. The number of hydrogen-bond acceptors (Lipinski definition) is 5. The molecule has 1 heterocycles. The maximum Gasteiger partial charge on any atom is 0.269 e. The van der Waals surface area contributed by atoms with Crippen LogP contribution in [-0.2, 0) is 10.0 Å². The molecule has 0 fully saturated rings.